The Balaban J connectivity index is 1.42. The number of aliphatic hydroxyl groups is 2. The monoisotopic (exact) mass is 600 g/mol. The second-order valence-corrected chi connectivity index (χ2v) is 14.1. The van der Waals surface area contributed by atoms with Crippen LogP contribution in [0.25, 0.3) is 0 Å². The first-order valence-corrected chi connectivity index (χ1v) is 15.1. The fourth-order valence-corrected chi connectivity index (χ4v) is 10.4. The van der Waals surface area contributed by atoms with Gasteiger partial charge in [-0.25, -0.2) is 4.79 Å². The van der Waals surface area contributed by atoms with Crippen LogP contribution in [0.5, 0.6) is 0 Å². The van der Waals surface area contributed by atoms with Gasteiger partial charge in [0.1, 0.15) is 40.7 Å². The Hall–Kier alpha value is -2.73. The number of hydrogen-bond donors (Lipinski definition) is 2. The molecule has 11 nitrogen and oxygen atoms in total. The molecular formula is C32H40O11. The van der Waals surface area contributed by atoms with Crippen LogP contribution >= 0.6 is 0 Å². The fraction of sp³-hybridized carbons (Fsp3) is 0.719. The predicted octanol–water partition coefficient (Wildman–Crippen LogP) is 2.78. The molecule has 2 unspecified atom stereocenters. The van der Waals surface area contributed by atoms with Gasteiger partial charge in [0.15, 0.2) is 0 Å². The molecule has 4 aliphatic heterocycles. The first-order valence-electron chi connectivity index (χ1n) is 15.1. The Morgan fingerprint density at radius 2 is 1.95 bits per heavy atom. The third-order valence-electron chi connectivity index (χ3n) is 12.9. The average Bonchev–Trinajstić information content (AvgIpc) is 3.45. The molecule has 1 aromatic rings. The molecule has 234 valence electrons. The highest BCUT2D eigenvalue weighted by Gasteiger charge is 2.94. The molecule has 43 heavy (non-hydrogen) atoms. The number of methoxy groups -OCH3 is 1. The van der Waals surface area contributed by atoms with Crippen LogP contribution in [-0.2, 0) is 38.1 Å². The molecule has 1 aromatic heterocycles. The summed E-state index contributed by atoms with van der Waals surface area (Å²) in [5.41, 5.74) is -6.72. The van der Waals surface area contributed by atoms with Gasteiger partial charge in [0.2, 0.25) is 0 Å². The maximum absolute atomic E-state index is 13.3. The van der Waals surface area contributed by atoms with E-state index in [2.05, 4.69) is 0 Å². The van der Waals surface area contributed by atoms with Gasteiger partial charge in [0, 0.05) is 33.8 Å². The van der Waals surface area contributed by atoms with Gasteiger partial charge in [0.25, 0.3) is 0 Å². The van der Waals surface area contributed by atoms with Crippen LogP contribution in [0.2, 0.25) is 0 Å². The molecule has 8 rings (SSSR count). The number of carbonyl (C=O) groups is 3. The number of carbonyl (C=O) groups excluding carboxylic acids is 3. The zero-order chi connectivity index (χ0) is 31.0. The van der Waals surface area contributed by atoms with Crippen molar-refractivity contribution < 1.29 is 52.7 Å². The SMILES string of the molecule is C/C=C(\C)C(=O)O[C@@H]1[C@@H]2[C@H]3O[C@]34[C@@H](CC[C@]3(C)[C@@H](c5ccoc5)OC(=O)CC43O)[C@@]3(C)[C@H](CC(=O)OC)[C@]1(C)OCC23O. The lowest BCUT2D eigenvalue weighted by Gasteiger charge is -2.75. The molecule has 2 N–H and O–H groups in total. The first-order chi connectivity index (χ1) is 20.2. The maximum atomic E-state index is 13.3. The van der Waals surface area contributed by atoms with E-state index in [-0.39, 0.29) is 19.4 Å². The van der Waals surface area contributed by atoms with E-state index in [0.717, 1.165) is 0 Å². The molecule has 3 saturated carbocycles. The summed E-state index contributed by atoms with van der Waals surface area (Å²) in [6.45, 7) is 9.00. The van der Waals surface area contributed by atoms with E-state index in [0.29, 0.717) is 24.0 Å². The summed E-state index contributed by atoms with van der Waals surface area (Å²) >= 11 is 0. The Morgan fingerprint density at radius 3 is 2.60 bits per heavy atom. The third-order valence-corrected chi connectivity index (χ3v) is 12.9. The Kier molecular flexibility index (Phi) is 5.87. The van der Waals surface area contributed by atoms with E-state index in [4.69, 9.17) is 28.1 Å². The molecule has 0 aromatic carbocycles. The number of fused-ring (bicyclic) bond motifs is 2. The smallest absolute Gasteiger partial charge is 0.333 e. The summed E-state index contributed by atoms with van der Waals surface area (Å²) in [6.07, 6.45) is 2.67. The topological polar surface area (TPSA) is 154 Å². The van der Waals surface area contributed by atoms with Crippen LogP contribution in [0.3, 0.4) is 0 Å². The number of allylic oxidation sites excluding steroid dienone is 1. The van der Waals surface area contributed by atoms with Crippen molar-refractivity contribution in [1.29, 1.82) is 0 Å². The quantitative estimate of drug-likeness (QED) is 0.222. The highest BCUT2D eigenvalue weighted by Crippen LogP contribution is 2.82. The summed E-state index contributed by atoms with van der Waals surface area (Å²) in [7, 11) is 1.31. The number of rotatable bonds is 5. The molecule has 5 heterocycles. The van der Waals surface area contributed by atoms with E-state index in [1.807, 2.05) is 20.8 Å². The number of ether oxygens (including phenoxy) is 5. The van der Waals surface area contributed by atoms with E-state index in [1.54, 1.807) is 26.0 Å². The standard InChI is InChI=1S/C32H40O11/c1-7-16(2)26(35)42-24-22-25-32(43-25)18(28(4)19(12-20(33)38-6)29(24,5)40-15-30(22,28)36)8-10-27(3)23(17-9-11-39-14-17)41-21(34)13-31(27,32)37/h7,9,11,14,18-19,22-25,36-37H,8,10,12-13,15H2,1-6H3/b16-7+/t18-,19-,22+,23+,24+,25+,27+,28-,29-,30?,31?,32+/m0/s1. The van der Waals surface area contributed by atoms with E-state index in [1.165, 1.54) is 19.6 Å². The summed E-state index contributed by atoms with van der Waals surface area (Å²) < 4.78 is 35.6. The van der Waals surface area contributed by atoms with Crippen molar-refractivity contribution in [3.8, 4) is 0 Å². The summed E-state index contributed by atoms with van der Waals surface area (Å²) in [5.74, 6) is -3.57. The first kappa shape index (κ1) is 29.0. The minimum atomic E-state index is -1.71. The van der Waals surface area contributed by atoms with E-state index >= 15 is 0 Å². The van der Waals surface area contributed by atoms with Crippen LogP contribution < -0.4 is 0 Å². The number of epoxide rings is 1. The number of furan rings is 1. The van der Waals surface area contributed by atoms with Crippen molar-refractivity contribution in [2.75, 3.05) is 13.7 Å². The van der Waals surface area contributed by atoms with Gasteiger partial charge in [-0.1, -0.05) is 19.9 Å². The Bertz CT molecular complexity index is 1420. The molecule has 1 spiro atoms. The molecule has 0 amide bonds. The van der Waals surface area contributed by atoms with Crippen molar-refractivity contribution in [3.05, 3.63) is 35.8 Å². The lowest BCUT2D eigenvalue weighted by molar-refractivity contribution is -0.397. The van der Waals surface area contributed by atoms with Gasteiger partial charge in [-0.2, -0.15) is 0 Å². The zero-order valence-electron chi connectivity index (χ0n) is 25.4. The minimum absolute atomic E-state index is 0.0548. The lowest BCUT2D eigenvalue weighted by atomic mass is 9.33. The highest BCUT2D eigenvalue weighted by molar-refractivity contribution is 5.88. The molecule has 4 saturated heterocycles. The average molecular weight is 601 g/mol. The van der Waals surface area contributed by atoms with Crippen molar-refractivity contribution in [3.63, 3.8) is 0 Å². The zero-order valence-corrected chi connectivity index (χ0v) is 25.4. The second-order valence-electron chi connectivity index (χ2n) is 14.1. The van der Waals surface area contributed by atoms with Gasteiger partial charge in [-0.15, -0.1) is 0 Å². The Morgan fingerprint density at radius 1 is 1.21 bits per heavy atom. The van der Waals surface area contributed by atoms with E-state index in [9.17, 15) is 24.6 Å². The van der Waals surface area contributed by atoms with Crippen LogP contribution in [0, 0.1) is 28.6 Å². The maximum Gasteiger partial charge on any atom is 0.333 e. The summed E-state index contributed by atoms with van der Waals surface area (Å²) in [5, 5.41) is 25.8. The van der Waals surface area contributed by atoms with Gasteiger partial charge in [-0.3, -0.25) is 9.59 Å². The lowest BCUT2D eigenvalue weighted by Crippen LogP contribution is -2.87. The molecular weight excluding hydrogens is 560 g/mol. The summed E-state index contributed by atoms with van der Waals surface area (Å²) in [6, 6.07) is 1.73. The normalized spacial score (nSPS) is 51.0. The van der Waals surface area contributed by atoms with E-state index < -0.39 is 87.2 Å². The van der Waals surface area contributed by atoms with Crippen molar-refractivity contribution >= 4 is 17.9 Å². The molecule has 4 bridgehead atoms. The van der Waals surface area contributed by atoms with Crippen molar-refractivity contribution in [2.24, 2.45) is 28.6 Å². The molecule has 3 aliphatic carbocycles. The highest BCUT2D eigenvalue weighted by atomic mass is 16.6. The summed E-state index contributed by atoms with van der Waals surface area (Å²) in [4.78, 5) is 39.5. The minimum Gasteiger partial charge on any atom is -0.472 e. The molecule has 12 atom stereocenters. The largest absolute Gasteiger partial charge is 0.472 e. The van der Waals surface area contributed by atoms with Crippen LogP contribution in [0.1, 0.15) is 72.0 Å². The van der Waals surface area contributed by atoms with Gasteiger partial charge in [-0.05, 0) is 39.7 Å². The molecule has 7 aliphatic rings. The van der Waals surface area contributed by atoms with Crippen LogP contribution in [0.4, 0.5) is 0 Å². The van der Waals surface area contributed by atoms with Gasteiger partial charge < -0.3 is 38.3 Å². The molecule has 11 heteroatoms. The second kappa shape index (κ2) is 8.71. The van der Waals surface area contributed by atoms with Crippen LogP contribution in [-0.4, -0.2) is 76.4 Å². The number of esters is 3. The van der Waals surface area contributed by atoms with Crippen molar-refractivity contribution in [2.45, 2.75) is 101 Å². The van der Waals surface area contributed by atoms with Crippen molar-refractivity contribution in [1.82, 2.24) is 0 Å². The fourth-order valence-electron chi connectivity index (χ4n) is 10.4. The van der Waals surface area contributed by atoms with Crippen LogP contribution in [0.15, 0.2) is 34.7 Å². The third kappa shape index (κ3) is 3.12. The predicted molar refractivity (Wildman–Crippen MR) is 146 cm³/mol. The molecule has 0 radical (unpaired) electrons. The number of hydrogen-bond acceptors (Lipinski definition) is 11. The Labute approximate surface area is 249 Å². The molecule has 7 fully saturated rings. The number of cyclic esters (lactones) is 1. The van der Waals surface area contributed by atoms with Gasteiger partial charge >= 0.3 is 17.9 Å². The van der Waals surface area contributed by atoms with Gasteiger partial charge in [0.05, 0.1) is 45.0 Å².